The molecule has 0 saturated heterocycles. The van der Waals surface area contributed by atoms with Crippen LogP contribution in [0.2, 0.25) is 5.15 Å². The third-order valence-electron chi connectivity index (χ3n) is 14.2. The van der Waals surface area contributed by atoms with E-state index in [2.05, 4.69) is 88.5 Å². The van der Waals surface area contributed by atoms with Crippen LogP contribution in [0.1, 0.15) is 45.0 Å². The number of aromatic amines is 2. The lowest BCUT2D eigenvalue weighted by atomic mass is 10.2. The highest BCUT2D eigenvalue weighted by molar-refractivity contribution is 9.10. The van der Waals surface area contributed by atoms with E-state index < -0.39 is 0 Å². The van der Waals surface area contributed by atoms with Crippen LogP contribution < -0.4 is 19.9 Å². The molecular formula is C72H63BrCl2N18O4. The van der Waals surface area contributed by atoms with Gasteiger partial charge in [0.2, 0.25) is 17.6 Å². The van der Waals surface area contributed by atoms with Gasteiger partial charge >= 0.3 is 0 Å². The number of aryl methyl sites for hydroxylation is 7. The summed E-state index contributed by atoms with van der Waals surface area (Å²) in [5.74, 6) is 3.92. The second kappa shape index (κ2) is 32.2. The molecule has 11 aromatic heterocycles. The van der Waals surface area contributed by atoms with Crippen molar-refractivity contribution in [1.29, 1.82) is 15.8 Å². The van der Waals surface area contributed by atoms with Gasteiger partial charge in [-0.05, 0) is 152 Å². The smallest absolute Gasteiger partial charge is 0.220 e. The Balaban J connectivity index is 0.000000143. The summed E-state index contributed by atoms with van der Waals surface area (Å²) >= 11 is 8.82. The molecule has 5 N–H and O–H groups in total. The summed E-state index contributed by atoms with van der Waals surface area (Å²) in [6.45, 7) is 7.87. The molecule has 4 aromatic carbocycles. The zero-order chi connectivity index (χ0) is 67.8. The summed E-state index contributed by atoms with van der Waals surface area (Å²) < 4.78 is 28.3. The summed E-state index contributed by atoms with van der Waals surface area (Å²) in [6, 6.07) is 50.9. The Morgan fingerprint density at radius 1 is 0.505 bits per heavy atom. The first-order valence-corrected chi connectivity index (χ1v) is 30.8. The van der Waals surface area contributed by atoms with Crippen LogP contribution in [-0.4, -0.2) is 73.5 Å². The minimum absolute atomic E-state index is 0. The number of nitriles is 3. The van der Waals surface area contributed by atoms with Crippen LogP contribution in [0.5, 0.6) is 40.6 Å². The van der Waals surface area contributed by atoms with E-state index in [4.69, 9.17) is 47.3 Å². The molecule has 22 nitrogen and oxygen atoms in total. The quantitative estimate of drug-likeness (QED) is 0.0977. The molecule has 486 valence electrons. The van der Waals surface area contributed by atoms with Gasteiger partial charge < -0.3 is 44.2 Å². The highest BCUT2D eigenvalue weighted by atomic mass is 79.9. The molecule has 0 spiro atoms. The number of pyridine rings is 4. The van der Waals surface area contributed by atoms with Crippen molar-refractivity contribution in [3.8, 4) is 70.2 Å². The minimum Gasteiger partial charge on any atom is -0.507 e. The molecule has 0 atom stereocenters. The molecule has 0 aliphatic rings. The Morgan fingerprint density at radius 2 is 0.928 bits per heavy atom. The van der Waals surface area contributed by atoms with Gasteiger partial charge in [0.1, 0.15) is 28.2 Å². The maximum absolute atomic E-state index is 9.24. The molecule has 25 heteroatoms. The predicted molar refractivity (Wildman–Crippen MR) is 380 cm³/mol. The normalized spacial score (nSPS) is 10.3. The van der Waals surface area contributed by atoms with Crippen LogP contribution in [0.15, 0.2) is 212 Å². The zero-order valence-corrected chi connectivity index (χ0v) is 56.6. The Labute approximate surface area is 577 Å². The van der Waals surface area contributed by atoms with Crippen LogP contribution in [0.25, 0.3) is 55.0 Å². The Hall–Kier alpha value is -12.0. The van der Waals surface area contributed by atoms with Gasteiger partial charge in [0.15, 0.2) is 0 Å². The maximum Gasteiger partial charge on any atom is 0.220 e. The maximum atomic E-state index is 9.24. The standard InChI is InChI=1S/C19H19N5O.C19H15N5O.C15H11N3O.C8H7NO.C7H5ClN2.C4H5BrN2.ClH/c2*1-13-8-14(10-20)9-19(22-13)25-18-5-3-4-17-16(18)6-7-24(17)15-11-21-23(2)12-15;1-10-7-11(9-16)8-15(18-10)19-14-4-2-3-13-12(14)5-6-17-13;10-8-3-1-2-7-6(8)4-5-9-7;1-5-2-6(4-9)3-7(8)10-5;1-7-3-4(5)2-6-7;/h3-9,11-12H,10,20H2,1-2H3;3-9,11-12H,1-2H3;2-8,17H,1H3;1-5,9-10H;2-3H,1H3;2-3H,1H3;1H. The first-order chi connectivity index (χ1) is 46.4. The SMILES string of the molecule is Cc1cc(C#N)cc(Cl)n1.Cc1cc(C#N)cc(Oc2cccc3[nH]ccc23)n1.Cc1cc(C#N)cc(Oc2cccc3c2ccn3-c2cnn(C)c2)n1.Cc1cc(CN)cc(Oc2cccc3c2ccn3-c2cnn(C)c2)n1.Cl.Cn1cc(Br)cn1.Oc1cccc2[nH]ccc12. The van der Waals surface area contributed by atoms with Crippen molar-refractivity contribution in [3.63, 3.8) is 0 Å². The van der Waals surface area contributed by atoms with Crippen molar-refractivity contribution >= 4 is 83.5 Å². The second-order valence-electron chi connectivity index (χ2n) is 21.5. The number of nitrogens with one attached hydrogen (secondary N) is 2. The van der Waals surface area contributed by atoms with E-state index in [9.17, 15) is 5.11 Å². The summed E-state index contributed by atoms with van der Waals surface area (Å²) in [7, 11) is 5.67. The van der Waals surface area contributed by atoms with Gasteiger partial charge in [0.25, 0.3) is 0 Å². The van der Waals surface area contributed by atoms with Crippen LogP contribution in [0.4, 0.5) is 0 Å². The first-order valence-electron chi connectivity index (χ1n) is 29.6. The summed E-state index contributed by atoms with van der Waals surface area (Å²) in [4.78, 5) is 23.1. The molecule has 0 radical (unpaired) electrons. The molecule has 0 aliphatic carbocycles. The van der Waals surface area contributed by atoms with Crippen molar-refractivity contribution in [3.05, 3.63) is 262 Å². The lowest BCUT2D eigenvalue weighted by Crippen LogP contribution is -1.99. The fourth-order valence-corrected chi connectivity index (χ4v) is 10.6. The molecule has 0 unspecified atom stereocenters. The van der Waals surface area contributed by atoms with Gasteiger partial charge in [0, 0.05) is 145 Å². The van der Waals surface area contributed by atoms with Crippen molar-refractivity contribution in [2.75, 3.05) is 0 Å². The monoisotopic (exact) mass is 1390 g/mol. The highest BCUT2D eigenvalue weighted by Crippen LogP contribution is 2.35. The van der Waals surface area contributed by atoms with E-state index in [0.29, 0.717) is 57.5 Å². The van der Waals surface area contributed by atoms with E-state index in [0.717, 1.165) is 99.3 Å². The van der Waals surface area contributed by atoms with Gasteiger partial charge in [-0.3, -0.25) is 14.0 Å². The zero-order valence-electron chi connectivity index (χ0n) is 53.5. The Kier molecular flexibility index (Phi) is 23.0. The molecule has 0 saturated carbocycles. The van der Waals surface area contributed by atoms with Crippen molar-refractivity contribution in [2.24, 2.45) is 26.9 Å². The molecular weight excluding hydrogens is 1330 g/mol. The van der Waals surface area contributed by atoms with Crippen LogP contribution in [0, 0.1) is 61.7 Å². The number of phenols is 1. The number of benzene rings is 4. The molecule has 15 rings (SSSR count). The van der Waals surface area contributed by atoms with Gasteiger partial charge in [0.05, 0.1) is 80.4 Å². The number of aromatic nitrogens is 14. The highest BCUT2D eigenvalue weighted by Gasteiger charge is 2.14. The summed E-state index contributed by atoms with van der Waals surface area (Å²) in [6.07, 6.45) is 18.9. The van der Waals surface area contributed by atoms with E-state index in [1.165, 1.54) is 6.07 Å². The number of phenolic OH excluding ortho intramolecular Hbond substituents is 1. The Morgan fingerprint density at radius 3 is 1.36 bits per heavy atom. The van der Waals surface area contributed by atoms with Crippen molar-refractivity contribution in [2.45, 2.75) is 34.2 Å². The van der Waals surface area contributed by atoms with Crippen LogP contribution in [-0.2, 0) is 27.7 Å². The summed E-state index contributed by atoms with van der Waals surface area (Å²) in [5, 5.41) is 52.3. The number of rotatable bonds is 9. The Bertz CT molecular complexity index is 5300. The van der Waals surface area contributed by atoms with Crippen LogP contribution in [0.3, 0.4) is 0 Å². The molecule has 15 aromatic rings. The number of H-pyrrole nitrogens is 2. The molecule has 11 heterocycles. The third kappa shape index (κ3) is 18.0. The number of fused-ring (bicyclic) bond motifs is 4. The van der Waals surface area contributed by atoms with Gasteiger partial charge in [-0.2, -0.15) is 31.1 Å². The van der Waals surface area contributed by atoms with Crippen LogP contribution >= 0.6 is 39.9 Å². The summed E-state index contributed by atoms with van der Waals surface area (Å²) in [5.41, 5.74) is 17.6. The number of aromatic hydroxyl groups is 1. The molecule has 0 fully saturated rings. The minimum atomic E-state index is 0. The predicted octanol–water partition coefficient (Wildman–Crippen LogP) is 16.0. The average molecular weight is 1400 g/mol. The fraction of sp³-hybridized carbons (Fsp3) is 0.111. The number of ether oxygens (including phenoxy) is 3. The largest absolute Gasteiger partial charge is 0.507 e. The van der Waals surface area contributed by atoms with Crippen molar-refractivity contribution in [1.82, 2.24) is 68.4 Å². The topological polar surface area (TPSA) is 292 Å². The number of hydrogen-bond donors (Lipinski definition) is 4. The van der Waals surface area contributed by atoms with Gasteiger partial charge in [-0.1, -0.05) is 35.9 Å². The molecule has 0 amide bonds. The number of nitrogens with zero attached hydrogens (tertiary/aromatic N) is 15. The molecule has 0 bridgehead atoms. The number of hydrogen-bond acceptors (Lipinski definition) is 15. The molecule has 97 heavy (non-hydrogen) atoms. The number of halogens is 3. The van der Waals surface area contributed by atoms with Gasteiger partial charge in [-0.25, -0.2) is 19.9 Å². The first kappa shape index (κ1) is 69.3. The lowest BCUT2D eigenvalue weighted by molar-refractivity contribution is 0.466. The van der Waals surface area contributed by atoms with E-state index in [-0.39, 0.29) is 12.4 Å². The van der Waals surface area contributed by atoms with E-state index >= 15 is 0 Å². The molecule has 0 aliphatic heterocycles. The van der Waals surface area contributed by atoms with Gasteiger partial charge in [-0.15, -0.1) is 12.4 Å². The van der Waals surface area contributed by atoms with E-state index in [1.54, 1.807) is 63.6 Å². The number of nitrogens with two attached hydrogens (primary N) is 1. The lowest BCUT2D eigenvalue weighted by Gasteiger charge is -2.09. The average Bonchev–Trinajstić information content (AvgIpc) is 1.66. The van der Waals surface area contributed by atoms with E-state index in [1.807, 2.05) is 201 Å². The van der Waals surface area contributed by atoms with Crippen molar-refractivity contribution < 1.29 is 19.3 Å². The fourth-order valence-electron chi connectivity index (χ4n) is 10.00. The third-order valence-corrected chi connectivity index (χ3v) is 14.8. The second-order valence-corrected chi connectivity index (χ2v) is 22.8.